The van der Waals surface area contributed by atoms with Crippen LogP contribution in [-0.4, -0.2) is 17.4 Å². The molecule has 0 aromatic rings. The first-order valence-electron chi connectivity index (χ1n) is 4.07. The van der Waals surface area contributed by atoms with Gasteiger partial charge in [-0.15, -0.1) is 0 Å². The average Bonchev–Trinajstić information content (AvgIpc) is 1.85. The van der Waals surface area contributed by atoms with Crippen molar-refractivity contribution >= 4 is 23.1 Å². The van der Waals surface area contributed by atoms with E-state index in [0.29, 0.717) is 6.61 Å². The molecule has 0 fully saturated rings. The third-order valence-electron chi connectivity index (χ3n) is 1.45. The van der Waals surface area contributed by atoms with Crippen LogP contribution in [0.2, 0.25) is 0 Å². The van der Waals surface area contributed by atoms with Crippen LogP contribution in [0.4, 0.5) is 0 Å². The summed E-state index contributed by atoms with van der Waals surface area (Å²) in [6.45, 7) is 8.20. The van der Waals surface area contributed by atoms with Gasteiger partial charge >= 0.3 is 5.97 Å². The van der Waals surface area contributed by atoms with Crippen LogP contribution >= 0.6 is 12.2 Å². The fourth-order valence-corrected chi connectivity index (χ4v) is 0.726. The number of carbonyl (C=O) groups is 1. The third kappa shape index (κ3) is 4.44. The highest BCUT2D eigenvalue weighted by Gasteiger charge is 2.19. The molecular formula is C9H16O2S. The molecule has 0 aliphatic carbocycles. The zero-order chi connectivity index (χ0) is 9.78. The number of rotatable bonds is 3. The van der Waals surface area contributed by atoms with Crippen molar-refractivity contribution in [3.63, 3.8) is 0 Å². The summed E-state index contributed by atoms with van der Waals surface area (Å²) in [5.41, 5.74) is -0.0813. The van der Waals surface area contributed by atoms with Crippen molar-refractivity contribution in [2.75, 3.05) is 6.61 Å². The first kappa shape index (κ1) is 11.6. The Balaban J connectivity index is 3.94. The van der Waals surface area contributed by atoms with Gasteiger partial charge in [0.15, 0.2) is 0 Å². The van der Waals surface area contributed by atoms with E-state index < -0.39 is 0 Å². The summed E-state index contributed by atoms with van der Waals surface area (Å²) < 4.78 is 4.78. The minimum Gasteiger partial charge on any atom is -0.466 e. The van der Waals surface area contributed by atoms with Gasteiger partial charge in [0.2, 0.25) is 0 Å². The molecule has 0 aromatic carbocycles. The molecule has 0 spiro atoms. The lowest BCUT2D eigenvalue weighted by molar-refractivity contribution is -0.141. The second-order valence-corrected chi connectivity index (χ2v) is 4.15. The van der Waals surface area contributed by atoms with Gasteiger partial charge in [0.05, 0.1) is 13.0 Å². The van der Waals surface area contributed by atoms with Crippen LogP contribution in [0.3, 0.4) is 0 Å². The number of hydrogen-bond donors (Lipinski definition) is 0. The lowest BCUT2D eigenvalue weighted by atomic mass is 9.90. The van der Waals surface area contributed by atoms with Gasteiger partial charge in [0.25, 0.3) is 0 Å². The molecule has 3 heteroatoms. The van der Waals surface area contributed by atoms with Crippen molar-refractivity contribution in [2.45, 2.75) is 34.1 Å². The Kier molecular flexibility index (Phi) is 4.39. The topological polar surface area (TPSA) is 26.3 Å². The zero-order valence-electron chi connectivity index (χ0n) is 8.14. The van der Waals surface area contributed by atoms with Crippen LogP contribution in [0, 0.1) is 5.41 Å². The van der Waals surface area contributed by atoms with E-state index in [4.69, 9.17) is 17.0 Å². The lowest BCUT2D eigenvalue weighted by Crippen LogP contribution is -2.22. The summed E-state index contributed by atoms with van der Waals surface area (Å²) in [5.74, 6) is -0.225. The van der Waals surface area contributed by atoms with Crippen LogP contribution in [0.5, 0.6) is 0 Å². The van der Waals surface area contributed by atoms with Crippen LogP contribution in [0.25, 0.3) is 0 Å². The quantitative estimate of drug-likeness (QED) is 0.502. The number of hydrogen-bond acceptors (Lipinski definition) is 3. The Hall–Kier alpha value is -0.440. The number of carbonyl (C=O) groups excluding carboxylic acids is 1. The highest BCUT2D eigenvalue weighted by atomic mass is 32.1. The Morgan fingerprint density at radius 3 is 2.25 bits per heavy atom. The maximum Gasteiger partial charge on any atom is 0.310 e. The molecular weight excluding hydrogens is 172 g/mol. The summed E-state index contributed by atoms with van der Waals surface area (Å²) in [6, 6.07) is 0. The molecule has 0 unspecified atom stereocenters. The molecule has 0 rings (SSSR count). The molecule has 0 N–H and O–H groups in total. The lowest BCUT2D eigenvalue weighted by Gasteiger charge is -2.18. The molecule has 0 bridgehead atoms. The summed E-state index contributed by atoms with van der Waals surface area (Å²) >= 11 is 5.08. The minimum absolute atomic E-state index is 0.0813. The van der Waals surface area contributed by atoms with Gasteiger partial charge in [-0.2, -0.15) is 0 Å². The van der Waals surface area contributed by atoms with E-state index in [2.05, 4.69) is 0 Å². The van der Waals surface area contributed by atoms with E-state index in [1.165, 1.54) is 0 Å². The number of esters is 1. The molecule has 0 atom stereocenters. The van der Waals surface area contributed by atoms with Crippen LogP contribution in [-0.2, 0) is 9.53 Å². The third-order valence-corrected chi connectivity index (χ3v) is 2.20. The predicted molar refractivity (Wildman–Crippen MR) is 53.3 cm³/mol. The number of thiocarbonyl (C=S) groups is 1. The van der Waals surface area contributed by atoms with E-state index in [9.17, 15) is 4.79 Å². The van der Waals surface area contributed by atoms with Gasteiger partial charge in [-0.05, 0) is 12.3 Å². The molecule has 0 radical (unpaired) electrons. The maximum absolute atomic E-state index is 11.0. The van der Waals surface area contributed by atoms with Crippen LogP contribution in [0.15, 0.2) is 0 Å². The Morgan fingerprint density at radius 2 is 1.92 bits per heavy atom. The number of ether oxygens (including phenoxy) is 1. The molecule has 0 heterocycles. The molecule has 0 aliphatic rings. The van der Waals surface area contributed by atoms with Crippen molar-refractivity contribution in [1.29, 1.82) is 0 Å². The van der Waals surface area contributed by atoms with E-state index in [1.54, 1.807) is 6.92 Å². The molecule has 0 aliphatic heterocycles. The van der Waals surface area contributed by atoms with Gasteiger partial charge in [0, 0.05) is 4.86 Å². The van der Waals surface area contributed by atoms with E-state index in [-0.39, 0.29) is 17.8 Å². The highest BCUT2D eigenvalue weighted by Crippen LogP contribution is 2.18. The van der Waals surface area contributed by atoms with Gasteiger partial charge < -0.3 is 4.74 Å². The molecule has 0 saturated heterocycles. The smallest absolute Gasteiger partial charge is 0.310 e. The van der Waals surface area contributed by atoms with E-state index in [1.807, 2.05) is 20.8 Å². The van der Waals surface area contributed by atoms with Gasteiger partial charge in [-0.25, -0.2) is 0 Å². The van der Waals surface area contributed by atoms with Crippen molar-refractivity contribution < 1.29 is 9.53 Å². The van der Waals surface area contributed by atoms with E-state index in [0.717, 1.165) is 4.86 Å². The molecule has 2 nitrogen and oxygen atoms in total. The van der Waals surface area contributed by atoms with Crippen molar-refractivity contribution in [3.05, 3.63) is 0 Å². The normalized spacial score (nSPS) is 11.0. The molecule has 12 heavy (non-hydrogen) atoms. The standard InChI is InChI=1S/C9H16O2S/c1-5-11-8(10)6-7(12)9(2,3)4/h5-6H2,1-4H3. The summed E-state index contributed by atoms with van der Waals surface area (Å²) in [4.78, 5) is 11.7. The molecule has 0 aromatic heterocycles. The maximum atomic E-state index is 11.0. The van der Waals surface area contributed by atoms with Crippen molar-refractivity contribution in [1.82, 2.24) is 0 Å². The average molecular weight is 188 g/mol. The summed E-state index contributed by atoms with van der Waals surface area (Å²) in [6.07, 6.45) is 0.257. The highest BCUT2D eigenvalue weighted by molar-refractivity contribution is 7.80. The van der Waals surface area contributed by atoms with Crippen molar-refractivity contribution in [2.24, 2.45) is 5.41 Å². The Morgan fingerprint density at radius 1 is 1.42 bits per heavy atom. The minimum atomic E-state index is -0.225. The Bertz CT molecular complexity index is 179. The second kappa shape index (κ2) is 4.55. The van der Waals surface area contributed by atoms with Crippen LogP contribution in [0.1, 0.15) is 34.1 Å². The predicted octanol–water partition coefficient (Wildman–Crippen LogP) is 2.36. The second-order valence-electron chi connectivity index (χ2n) is 3.65. The fourth-order valence-electron chi connectivity index (χ4n) is 0.608. The Labute approximate surface area is 79.3 Å². The first-order valence-corrected chi connectivity index (χ1v) is 4.47. The van der Waals surface area contributed by atoms with Crippen molar-refractivity contribution in [3.8, 4) is 0 Å². The van der Waals surface area contributed by atoms with Gasteiger partial charge in [-0.3, -0.25) is 4.79 Å². The monoisotopic (exact) mass is 188 g/mol. The molecule has 0 amide bonds. The SMILES string of the molecule is CCOC(=O)CC(=S)C(C)(C)C. The van der Waals surface area contributed by atoms with Gasteiger partial charge in [0.1, 0.15) is 0 Å². The first-order chi connectivity index (χ1) is 5.38. The van der Waals surface area contributed by atoms with E-state index >= 15 is 0 Å². The largest absolute Gasteiger partial charge is 0.466 e. The zero-order valence-corrected chi connectivity index (χ0v) is 8.96. The van der Waals surface area contributed by atoms with Gasteiger partial charge in [-0.1, -0.05) is 33.0 Å². The van der Waals surface area contributed by atoms with Crippen LogP contribution < -0.4 is 0 Å². The molecule has 70 valence electrons. The summed E-state index contributed by atoms with van der Waals surface area (Å²) in [7, 11) is 0. The molecule has 0 saturated carbocycles. The summed E-state index contributed by atoms with van der Waals surface area (Å²) in [5, 5.41) is 0. The fraction of sp³-hybridized carbons (Fsp3) is 0.778.